The highest BCUT2D eigenvalue weighted by Crippen LogP contribution is 2.12. The molecule has 0 radical (unpaired) electrons. The molecule has 22 heavy (non-hydrogen) atoms. The molecule has 0 saturated carbocycles. The highest BCUT2D eigenvalue weighted by Gasteiger charge is 2.31. The van der Waals surface area contributed by atoms with Gasteiger partial charge in [-0.15, -0.1) is 0 Å². The second-order valence-corrected chi connectivity index (χ2v) is 5.18. The summed E-state index contributed by atoms with van der Waals surface area (Å²) in [6.07, 6.45) is 0.0363. The van der Waals surface area contributed by atoms with Crippen molar-refractivity contribution in [1.82, 2.24) is 10.2 Å². The molecule has 116 valence electrons. The Labute approximate surface area is 128 Å². The van der Waals surface area contributed by atoms with Crippen molar-refractivity contribution in [3.05, 3.63) is 30.3 Å². The van der Waals surface area contributed by atoms with Crippen LogP contribution in [0.5, 0.6) is 0 Å². The Morgan fingerprint density at radius 1 is 1.32 bits per heavy atom. The van der Waals surface area contributed by atoms with Gasteiger partial charge in [0.25, 0.3) is 5.91 Å². The standard InChI is InChI=1S/C15H18N4O3/c20-13(16-11-4-2-1-3-5-11)10-12-14(21)18-15(17-12)19-6-8-22-9-7-19/h1-5,12H,6-10H2,(H,16,20)(H,17,18,21)/t12-/m1/s1. The lowest BCUT2D eigenvalue weighted by molar-refractivity contribution is -0.124. The van der Waals surface area contributed by atoms with E-state index in [0.29, 0.717) is 38.0 Å². The third kappa shape index (κ3) is 3.43. The lowest BCUT2D eigenvalue weighted by Crippen LogP contribution is -2.46. The fourth-order valence-corrected chi connectivity index (χ4v) is 2.42. The van der Waals surface area contributed by atoms with Crippen LogP contribution in [0.25, 0.3) is 0 Å². The molecule has 2 aliphatic heterocycles. The first-order valence-electron chi connectivity index (χ1n) is 7.28. The largest absolute Gasteiger partial charge is 0.378 e. The van der Waals surface area contributed by atoms with E-state index in [0.717, 1.165) is 0 Å². The van der Waals surface area contributed by atoms with Gasteiger partial charge in [0.05, 0.1) is 19.6 Å². The summed E-state index contributed by atoms with van der Waals surface area (Å²) in [6, 6.07) is 8.49. The van der Waals surface area contributed by atoms with Crippen LogP contribution in [0.4, 0.5) is 5.69 Å². The summed E-state index contributed by atoms with van der Waals surface area (Å²) >= 11 is 0. The van der Waals surface area contributed by atoms with E-state index in [1.165, 1.54) is 0 Å². The maximum atomic E-state index is 12.0. The van der Waals surface area contributed by atoms with Crippen LogP contribution < -0.4 is 10.6 Å². The fraction of sp³-hybridized carbons (Fsp3) is 0.400. The van der Waals surface area contributed by atoms with E-state index in [2.05, 4.69) is 15.6 Å². The van der Waals surface area contributed by atoms with E-state index >= 15 is 0 Å². The average Bonchev–Trinajstić information content (AvgIpc) is 2.90. The molecule has 2 N–H and O–H groups in total. The van der Waals surface area contributed by atoms with Gasteiger partial charge in [0, 0.05) is 18.8 Å². The van der Waals surface area contributed by atoms with Gasteiger partial charge in [-0.05, 0) is 12.1 Å². The van der Waals surface area contributed by atoms with E-state index in [1.807, 2.05) is 23.1 Å². The number of rotatable bonds is 3. The molecule has 3 rings (SSSR count). The topological polar surface area (TPSA) is 83.0 Å². The number of guanidine groups is 1. The minimum atomic E-state index is -0.665. The van der Waals surface area contributed by atoms with Gasteiger partial charge in [-0.25, -0.2) is 4.99 Å². The number of anilines is 1. The molecular formula is C15H18N4O3. The van der Waals surface area contributed by atoms with Gasteiger partial charge in [-0.2, -0.15) is 0 Å². The van der Waals surface area contributed by atoms with Crippen molar-refractivity contribution >= 4 is 23.5 Å². The molecule has 1 aromatic carbocycles. The normalized spacial score (nSPS) is 21.3. The van der Waals surface area contributed by atoms with Crippen molar-refractivity contribution in [2.45, 2.75) is 12.5 Å². The second kappa shape index (κ2) is 6.57. The van der Waals surface area contributed by atoms with Crippen LogP contribution in [0.15, 0.2) is 35.3 Å². The number of nitrogens with one attached hydrogen (secondary N) is 2. The highest BCUT2D eigenvalue weighted by molar-refractivity contribution is 6.07. The van der Waals surface area contributed by atoms with Crippen LogP contribution in [0, 0.1) is 0 Å². The summed E-state index contributed by atoms with van der Waals surface area (Å²) in [5, 5.41) is 5.51. The number of aliphatic imine (C=N–C) groups is 1. The minimum absolute atomic E-state index is 0.0363. The van der Waals surface area contributed by atoms with E-state index in [4.69, 9.17) is 4.74 Å². The van der Waals surface area contributed by atoms with Gasteiger partial charge < -0.3 is 15.0 Å². The summed E-state index contributed by atoms with van der Waals surface area (Å²) in [5.41, 5.74) is 0.711. The maximum Gasteiger partial charge on any atom is 0.252 e. The third-order valence-electron chi connectivity index (χ3n) is 3.56. The number of para-hydroxylation sites is 1. The Balaban J connectivity index is 1.58. The van der Waals surface area contributed by atoms with Crippen LogP contribution in [0.2, 0.25) is 0 Å². The zero-order valence-corrected chi connectivity index (χ0v) is 12.1. The second-order valence-electron chi connectivity index (χ2n) is 5.18. The van der Waals surface area contributed by atoms with Crippen LogP contribution in [0.3, 0.4) is 0 Å². The Morgan fingerprint density at radius 2 is 2.05 bits per heavy atom. The number of carbonyl (C=O) groups is 2. The van der Waals surface area contributed by atoms with Crippen LogP contribution in [0.1, 0.15) is 6.42 Å². The van der Waals surface area contributed by atoms with Gasteiger partial charge in [0.15, 0.2) is 0 Å². The number of ether oxygens (including phenoxy) is 1. The summed E-state index contributed by atoms with van der Waals surface area (Å²) in [7, 11) is 0. The van der Waals surface area contributed by atoms with Crippen LogP contribution >= 0.6 is 0 Å². The van der Waals surface area contributed by atoms with Gasteiger partial charge in [-0.1, -0.05) is 18.2 Å². The predicted molar refractivity (Wildman–Crippen MR) is 81.4 cm³/mol. The van der Waals surface area contributed by atoms with Crippen LogP contribution in [-0.4, -0.2) is 55.0 Å². The molecule has 1 aromatic rings. The van der Waals surface area contributed by atoms with Gasteiger partial charge >= 0.3 is 0 Å². The molecule has 2 amide bonds. The number of hydrogen-bond donors (Lipinski definition) is 2. The van der Waals surface area contributed by atoms with Crippen molar-refractivity contribution in [2.24, 2.45) is 4.99 Å². The van der Waals surface area contributed by atoms with E-state index in [9.17, 15) is 9.59 Å². The summed E-state index contributed by atoms with van der Waals surface area (Å²) in [4.78, 5) is 30.3. The van der Waals surface area contributed by atoms with E-state index in [-0.39, 0.29) is 18.2 Å². The molecule has 1 fully saturated rings. The summed E-state index contributed by atoms with van der Waals surface area (Å²) in [5.74, 6) is 0.0915. The highest BCUT2D eigenvalue weighted by atomic mass is 16.5. The molecule has 1 saturated heterocycles. The van der Waals surface area contributed by atoms with Crippen molar-refractivity contribution in [1.29, 1.82) is 0 Å². The Bertz CT molecular complexity index is 582. The van der Waals surface area contributed by atoms with Crippen LogP contribution in [-0.2, 0) is 14.3 Å². The molecule has 0 aromatic heterocycles. The summed E-state index contributed by atoms with van der Waals surface area (Å²) in [6.45, 7) is 2.63. The molecule has 7 heteroatoms. The van der Waals surface area contributed by atoms with Gasteiger partial charge in [0.1, 0.15) is 6.04 Å². The number of amides is 2. The van der Waals surface area contributed by atoms with E-state index < -0.39 is 6.04 Å². The Morgan fingerprint density at radius 3 is 2.77 bits per heavy atom. The zero-order valence-electron chi connectivity index (χ0n) is 12.1. The Hall–Kier alpha value is -2.41. The lowest BCUT2D eigenvalue weighted by Gasteiger charge is -2.27. The number of nitrogens with zero attached hydrogens (tertiary/aromatic N) is 2. The molecule has 7 nitrogen and oxygen atoms in total. The van der Waals surface area contributed by atoms with Gasteiger partial charge in [-0.3, -0.25) is 14.9 Å². The van der Waals surface area contributed by atoms with Gasteiger partial charge in [0.2, 0.25) is 11.9 Å². The molecule has 1 atom stereocenters. The number of hydrogen-bond acceptors (Lipinski definition) is 5. The molecule has 0 aliphatic carbocycles. The fourth-order valence-electron chi connectivity index (χ4n) is 2.42. The minimum Gasteiger partial charge on any atom is -0.378 e. The van der Waals surface area contributed by atoms with E-state index in [1.54, 1.807) is 12.1 Å². The zero-order chi connectivity index (χ0) is 15.4. The van der Waals surface area contributed by atoms with Crippen molar-refractivity contribution in [2.75, 3.05) is 31.6 Å². The third-order valence-corrected chi connectivity index (χ3v) is 3.56. The molecular weight excluding hydrogens is 284 g/mol. The first-order valence-corrected chi connectivity index (χ1v) is 7.28. The van der Waals surface area contributed by atoms with Crippen molar-refractivity contribution in [3.63, 3.8) is 0 Å². The average molecular weight is 302 g/mol. The number of benzene rings is 1. The smallest absolute Gasteiger partial charge is 0.252 e. The first-order chi connectivity index (χ1) is 10.7. The predicted octanol–water partition coefficient (Wildman–Crippen LogP) is 0.202. The quantitative estimate of drug-likeness (QED) is 0.835. The molecule has 0 spiro atoms. The molecule has 2 aliphatic rings. The lowest BCUT2D eigenvalue weighted by atomic mass is 10.2. The molecule has 2 heterocycles. The number of carbonyl (C=O) groups excluding carboxylic acids is 2. The first kappa shape index (κ1) is 14.5. The molecule has 0 unspecified atom stereocenters. The molecule has 0 bridgehead atoms. The maximum absolute atomic E-state index is 12.0. The number of morpholine rings is 1. The van der Waals surface area contributed by atoms with Crippen molar-refractivity contribution in [3.8, 4) is 0 Å². The monoisotopic (exact) mass is 302 g/mol. The SMILES string of the molecule is O=C(C[C@H]1N=C(N2CCOCC2)NC1=O)Nc1ccccc1. The Kier molecular flexibility index (Phi) is 4.34. The summed E-state index contributed by atoms with van der Waals surface area (Å²) < 4.78 is 5.27. The van der Waals surface area contributed by atoms with Crippen molar-refractivity contribution < 1.29 is 14.3 Å².